The number of nitrogens with zero attached hydrogens (tertiary/aromatic N) is 1. The van der Waals surface area contributed by atoms with E-state index < -0.39 is 0 Å². The van der Waals surface area contributed by atoms with Crippen LogP contribution in [-0.4, -0.2) is 35.2 Å². The lowest BCUT2D eigenvalue weighted by Gasteiger charge is -2.36. The summed E-state index contributed by atoms with van der Waals surface area (Å²) in [4.78, 5) is 2.43. The minimum Gasteiger partial charge on any atom is -0.391 e. The fraction of sp³-hybridized carbons (Fsp3) is 1.00. The average molecular weight is 185 g/mol. The van der Waals surface area contributed by atoms with Crippen molar-refractivity contribution in [3.8, 4) is 0 Å². The summed E-state index contributed by atoms with van der Waals surface area (Å²) in [7, 11) is 0. The molecular formula is C11H23NO. The van der Waals surface area contributed by atoms with Crippen LogP contribution < -0.4 is 0 Å². The molecule has 1 N–H and O–H groups in total. The Labute approximate surface area is 81.9 Å². The Morgan fingerprint density at radius 2 is 1.92 bits per heavy atom. The van der Waals surface area contributed by atoms with E-state index in [1.807, 2.05) is 0 Å². The largest absolute Gasteiger partial charge is 0.391 e. The Morgan fingerprint density at radius 3 is 2.46 bits per heavy atom. The van der Waals surface area contributed by atoms with Gasteiger partial charge in [-0.05, 0) is 32.4 Å². The summed E-state index contributed by atoms with van der Waals surface area (Å²) in [5, 5.41) is 9.86. The van der Waals surface area contributed by atoms with Crippen LogP contribution in [-0.2, 0) is 0 Å². The first-order valence-electron chi connectivity index (χ1n) is 5.71. The van der Waals surface area contributed by atoms with Crippen LogP contribution in [0, 0.1) is 0 Å². The van der Waals surface area contributed by atoms with Gasteiger partial charge in [-0.15, -0.1) is 0 Å². The zero-order valence-electron chi connectivity index (χ0n) is 9.00. The molecule has 1 saturated carbocycles. The lowest BCUT2D eigenvalue weighted by molar-refractivity contribution is 0.0222. The van der Waals surface area contributed by atoms with Crippen LogP contribution in [0.3, 0.4) is 0 Å². The Balaban J connectivity index is 2.44. The summed E-state index contributed by atoms with van der Waals surface area (Å²) < 4.78 is 0. The number of rotatable bonds is 4. The summed E-state index contributed by atoms with van der Waals surface area (Å²) in [6, 6.07) is 0.443. The van der Waals surface area contributed by atoms with Gasteiger partial charge in [0.15, 0.2) is 0 Å². The van der Waals surface area contributed by atoms with E-state index in [4.69, 9.17) is 0 Å². The second-order valence-electron chi connectivity index (χ2n) is 4.05. The van der Waals surface area contributed by atoms with Crippen molar-refractivity contribution in [1.82, 2.24) is 4.90 Å². The first-order chi connectivity index (χ1) is 6.29. The molecule has 1 fully saturated rings. The molecule has 1 aliphatic carbocycles. The first-order valence-corrected chi connectivity index (χ1v) is 5.71. The maximum Gasteiger partial charge on any atom is 0.0695 e. The van der Waals surface area contributed by atoms with E-state index in [1.165, 1.54) is 25.7 Å². The van der Waals surface area contributed by atoms with Gasteiger partial charge in [0.05, 0.1) is 6.10 Å². The van der Waals surface area contributed by atoms with Crippen molar-refractivity contribution >= 4 is 0 Å². The molecule has 0 radical (unpaired) electrons. The topological polar surface area (TPSA) is 23.5 Å². The van der Waals surface area contributed by atoms with E-state index >= 15 is 0 Å². The van der Waals surface area contributed by atoms with Gasteiger partial charge in [-0.2, -0.15) is 0 Å². The molecule has 78 valence electrons. The van der Waals surface area contributed by atoms with Crippen molar-refractivity contribution < 1.29 is 5.11 Å². The fourth-order valence-corrected chi connectivity index (χ4v) is 2.36. The molecule has 0 bridgehead atoms. The minimum absolute atomic E-state index is 0.0692. The maximum absolute atomic E-state index is 9.86. The summed E-state index contributed by atoms with van der Waals surface area (Å²) >= 11 is 0. The molecule has 2 nitrogen and oxygen atoms in total. The van der Waals surface area contributed by atoms with Gasteiger partial charge in [0.25, 0.3) is 0 Å². The molecule has 0 heterocycles. The van der Waals surface area contributed by atoms with Gasteiger partial charge >= 0.3 is 0 Å². The third kappa shape index (κ3) is 2.96. The lowest BCUT2D eigenvalue weighted by Crippen LogP contribution is -2.45. The van der Waals surface area contributed by atoms with Crippen molar-refractivity contribution in [2.24, 2.45) is 0 Å². The first kappa shape index (κ1) is 11.0. The summed E-state index contributed by atoms with van der Waals surface area (Å²) in [5.74, 6) is 0. The lowest BCUT2D eigenvalue weighted by atomic mass is 9.91. The Hall–Kier alpha value is -0.0800. The van der Waals surface area contributed by atoms with E-state index in [2.05, 4.69) is 18.7 Å². The van der Waals surface area contributed by atoms with E-state index in [1.54, 1.807) is 0 Å². The molecule has 1 aliphatic rings. The minimum atomic E-state index is -0.0692. The highest BCUT2D eigenvalue weighted by Gasteiger charge is 2.26. The van der Waals surface area contributed by atoms with Gasteiger partial charge in [0.2, 0.25) is 0 Å². The fourth-order valence-electron chi connectivity index (χ4n) is 2.36. The van der Waals surface area contributed by atoms with Crippen LogP contribution in [0.5, 0.6) is 0 Å². The third-order valence-electron chi connectivity index (χ3n) is 3.08. The average Bonchev–Trinajstić information content (AvgIpc) is 2.16. The van der Waals surface area contributed by atoms with Gasteiger partial charge in [-0.3, -0.25) is 4.90 Å². The zero-order valence-corrected chi connectivity index (χ0v) is 9.00. The van der Waals surface area contributed by atoms with Crippen molar-refractivity contribution in [1.29, 1.82) is 0 Å². The van der Waals surface area contributed by atoms with Crippen LogP contribution in [0.15, 0.2) is 0 Å². The SMILES string of the molecule is CCCN(CC)[C@H]1CCCC[C@@H]1O. The Morgan fingerprint density at radius 1 is 1.23 bits per heavy atom. The van der Waals surface area contributed by atoms with Gasteiger partial charge in [-0.1, -0.05) is 26.7 Å². The Bertz CT molecular complexity index is 138. The summed E-state index contributed by atoms with van der Waals surface area (Å²) in [6.45, 7) is 6.61. The third-order valence-corrected chi connectivity index (χ3v) is 3.08. The van der Waals surface area contributed by atoms with Gasteiger partial charge in [0, 0.05) is 6.04 Å². The van der Waals surface area contributed by atoms with Crippen LogP contribution in [0.2, 0.25) is 0 Å². The van der Waals surface area contributed by atoms with Gasteiger partial charge in [-0.25, -0.2) is 0 Å². The zero-order chi connectivity index (χ0) is 9.68. The van der Waals surface area contributed by atoms with Gasteiger partial charge in [0.1, 0.15) is 0 Å². The predicted octanol–water partition coefficient (Wildman–Crippen LogP) is 2.02. The van der Waals surface area contributed by atoms with Crippen LogP contribution in [0.25, 0.3) is 0 Å². The van der Waals surface area contributed by atoms with E-state index in [9.17, 15) is 5.11 Å². The molecule has 0 aromatic carbocycles. The monoisotopic (exact) mass is 185 g/mol. The second kappa shape index (κ2) is 5.61. The van der Waals surface area contributed by atoms with Crippen LogP contribution >= 0.6 is 0 Å². The quantitative estimate of drug-likeness (QED) is 0.724. The van der Waals surface area contributed by atoms with E-state index in [0.29, 0.717) is 6.04 Å². The molecule has 0 aliphatic heterocycles. The number of hydrogen-bond acceptors (Lipinski definition) is 2. The molecule has 0 unspecified atom stereocenters. The molecule has 2 heteroatoms. The van der Waals surface area contributed by atoms with E-state index in [-0.39, 0.29) is 6.10 Å². The number of aliphatic hydroxyl groups is 1. The number of hydrogen-bond donors (Lipinski definition) is 1. The molecule has 0 aromatic heterocycles. The molecular weight excluding hydrogens is 162 g/mol. The van der Waals surface area contributed by atoms with E-state index in [0.717, 1.165) is 19.5 Å². The smallest absolute Gasteiger partial charge is 0.0695 e. The highest BCUT2D eigenvalue weighted by molar-refractivity contribution is 4.82. The highest BCUT2D eigenvalue weighted by atomic mass is 16.3. The molecule has 0 amide bonds. The van der Waals surface area contributed by atoms with Crippen molar-refractivity contribution in [3.63, 3.8) is 0 Å². The summed E-state index contributed by atoms with van der Waals surface area (Å²) in [6.07, 6.45) is 5.82. The van der Waals surface area contributed by atoms with Crippen molar-refractivity contribution in [2.75, 3.05) is 13.1 Å². The van der Waals surface area contributed by atoms with Crippen molar-refractivity contribution in [3.05, 3.63) is 0 Å². The molecule has 0 aromatic rings. The standard InChI is InChI=1S/C11H23NO/c1-3-9-12(4-2)10-7-5-6-8-11(10)13/h10-11,13H,3-9H2,1-2H3/t10-,11-/m0/s1. The predicted molar refractivity (Wildman–Crippen MR) is 55.8 cm³/mol. The molecule has 2 atom stereocenters. The number of aliphatic hydroxyl groups excluding tert-OH is 1. The number of likely N-dealkylation sites (N-methyl/N-ethyl adjacent to an activating group) is 1. The second-order valence-corrected chi connectivity index (χ2v) is 4.05. The summed E-state index contributed by atoms with van der Waals surface area (Å²) in [5.41, 5.74) is 0. The Kier molecular flexibility index (Phi) is 4.74. The molecule has 0 spiro atoms. The van der Waals surface area contributed by atoms with Crippen LogP contribution in [0.1, 0.15) is 46.0 Å². The highest BCUT2D eigenvalue weighted by Crippen LogP contribution is 2.23. The molecule has 13 heavy (non-hydrogen) atoms. The molecule has 1 rings (SSSR count). The van der Waals surface area contributed by atoms with Gasteiger partial charge < -0.3 is 5.11 Å². The van der Waals surface area contributed by atoms with Crippen molar-refractivity contribution in [2.45, 2.75) is 58.1 Å². The van der Waals surface area contributed by atoms with Crippen LogP contribution in [0.4, 0.5) is 0 Å². The normalized spacial score (nSPS) is 29.5. The molecule has 0 saturated heterocycles. The maximum atomic E-state index is 9.86.